The van der Waals surface area contributed by atoms with Crippen molar-refractivity contribution in [3.63, 3.8) is 0 Å². The average Bonchev–Trinajstić information content (AvgIpc) is 2.64. The van der Waals surface area contributed by atoms with Crippen molar-refractivity contribution in [2.45, 2.75) is 39.2 Å². The lowest BCUT2D eigenvalue weighted by Crippen LogP contribution is -2.32. The molecule has 7 heteroatoms. The quantitative estimate of drug-likeness (QED) is 0.708. The van der Waals surface area contributed by atoms with Crippen molar-refractivity contribution in [2.24, 2.45) is 5.92 Å². The van der Waals surface area contributed by atoms with E-state index in [0.717, 1.165) is 50.4 Å². The number of rotatable bonds is 6. The first-order valence-corrected chi connectivity index (χ1v) is 10.8. The summed E-state index contributed by atoms with van der Waals surface area (Å²) in [5.41, 5.74) is 3.43. The third kappa shape index (κ3) is 8.20. The summed E-state index contributed by atoms with van der Waals surface area (Å²) in [6, 6.07) is 6.50. The first-order valence-electron chi connectivity index (χ1n) is 9.61. The number of nitrogens with zero attached hydrogens (tertiary/aromatic N) is 1. The minimum atomic E-state index is 0. The molecule has 0 aliphatic carbocycles. The molecular weight excluding hydrogens is 401 g/mol. The Bertz CT molecular complexity index is 576. The number of hydrogen-bond donors (Lipinski definition) is 2. The largest absolute Gasteiger partial charge is 0.326 e. The van der Waals surface area contributed by atoms with Crippen molar-refractivity contribution in [1.29, 1.82) is 0 Å². The van der Waals surface area contributed by atoms with E-state index in [1.54, 1.807) is 0 Å². The fraction of sp³-hybridized carbons (Fsp3) is 0.650. The number of piperidine rings is 1. The van der Waals surface area contributed by atoms with Crippen molar-refractivity contribution < 1.29 is 4.79 Å². The van der Waals surface area contributed by atoms with E-state index in [1.165, 1.54) is 29.9 Å². The Kier molecular flexibility index (Phi) is 11.7. The van der Waals surface area contributed by atoms with Gasteiger partial charge in [-0.2, -0.15) is 11.8 Å². The summed E-state index contributed by atoms with van der Waals surface area (Å²) >= 11 is 2.04. The SMILES string of the molecule is Cc1ccc(CN2CCSCC2)cc1NC(=O)CCC1CCNCC1.Cl.Cl. The number of carbonyl (C=O) groups excluding carboxylic acids is 1. The molecule has 3 rings (SSSR count). The number of amides is 1. The predicted molar refractivity (Wildman–Crippen MR) is 122 cm³/mol. The van der Waals surface area contributed by atoms with Crippen LogP contribution in [0.1, 0.15) is 36.8 Å². The fourth-order valence-electron chi connectivity index (χ4n) is 3.64. The third-order valence-electron chi connectivity index (χ3n) is 5.32. The summed E-state index contributed by atoms with van der Waals surface area (Å²) in [5.74, 6) is 3.32. The lowest BCUT2D eigenvalue weighted by Gasteiger charge is -2.26. The Hall–Kier alpha value is -0.460. The van der Waals surface area contributed by atoms with Crippen molar-refractivity contribution >= 4 is 48.2 Å². The lowest BCUT2D eigenvalue weighted by molar-refractivity contribution is -0.116. The molecule has 1 aromatic carbocycles. The zero-order chi connectivity index (χ0) is 17.5. The molecule has 2 heterocycles. The molecule has 2 saturated heterocycles. The molecule has 2 aliphatic rings. The van der Waals surface area contributed by atoms with Crippen molar-refractivity contribution in [3.8, 4) is 0 Å². The Balaban J connectivity index is 0.00000182. The molecule has 154 valence electrons. The highest BCUT2D eigenvalue weighted by Crippen LogP contribution is 2.22. The van der Waals surface area contributed by atoms with E-state index >= 15 is 0 Å². The molecule has 0 aromatic heterocycles. The molecule has 0 unspecified atom stereocenters. The smallest absolute Gasteiger partial charge is 0.224 e. The van der Waals surface area contributed by atoms with Crippen LogP contribution < -0.4 is 10.6 Å². The van der Waals surface area contributed by atoms with Crippen LogP contribution in [0.15, 0.2) is 18.2 Å². The van der Waals surface area contributed by atoms with Crippen LogP contribution in [0.5, 0.6) is 0 Å². The zero-order valence-electron chi connectivity index (χ0n) is 16.2. The number of carbonyl (C=O) groups is 1. The van der Waals surface area contributed by atoms with Crippen molar-refractivity contribution in [1.82, 2.24) is 10.2 Å². The van der Waals surface area contributed by atoms with Gasteiger partial charge in [-0.05, 0) is 62.4 Å². The number of halogens is 2. The van der Waals surface area contributed by atoms with Crippen molar-refractivity contribution in [2.75, 3.05) is 43.0 Å². The molecule has 0 spiro atoms. The van der Waals surface area contributed by atoms with E-state index in [1.807, 2.05) is 11.8 Å². The van der Waals surface area contributed by atoms with Gasteiger partial charge < -0.3 is 10.6 Å². The van der Waals surface area contributed by atoms with Crippen LogP contribution in [-0.2, 0) is 11.3 Å². The highest BCUT2D eigenvalue weighted by molar-refractivity contribution is 7.99. The second-order valence-corrected chi connectivity index (χ2v) is 8.54. The summed E-state index contributed by atoms with van der Waals surface area (Å²) in [6.45, 7) is 7.58. The minimum absolute atomic E-state index is 0. The number of nitrogens with one attached hydrogen (secondary N) is 2. The molecule has 2 N–H and O–H groups in total. The summed E-state index contributed by atoms with van der Waals surface area (Å²) in [7, 11) is 0. The average molecular weight is 434 g/mol. The number of hydrogen-bond acceptors (Lipinski definition) is 4. The van der Waals surface area contributed by atoms with E-state index in [-0.39, 0.29) is 30.7 Å². The van der Waals surface area contributed by atoms with E-state index in [9.17, 15) is 4.79 Å². The van der Waals surface area contributed by atoms with Gasteiger partial charge in [-0.1, -0.05) is 12.1 Å². The maximum absolute atomic E-state index is 12.4. The molecule has 27 heavy (non-hydrogen) atoms. The van der Waals surface area contributed by atoms with E-state index in [0.29, 0.717) is 12.3 Å². The second kappa shape index (κ2) is 12.9. The molecule has 1 aromatic rings. The van der Waals surface area contributed by atoms with Gasteiger partial charge in [0.2, 0.25) is 5.91 Å². The van der Waals surface area contributed by atoms with Gasteiger partial charge in [-0.15, -0.1) is 24.8 Å². The zero-order valence-corrected chi connectivity index (χ0v) is 18.6. The first-order chi connectivity index (χ1) is 12.2. The molecule has 2 fully saturated rings. The lowest BCUT2D eigenvalue weighted by atomic mass is 9.93. The van der Waals surface area contributed by atoms with Crippen LogP contribution in [0.3, 0.4) is 0 Å². The monoisotopic (exact) mass is 433 g/mol. The number of benzene rings is 1. The van der Waals surface area contributed by atoms with Gasteiger partial charge in [-0.3, -0.25) is 9.69 Å². The number of thioether (sulfide) groups is 1. The molecule has 1 amide bonds. The van der Waals surface area contributed by atoms with Crippen LogP contribution in [0, 0.1) is 12.8 Å². The van der Waals surface area contributed by atoms with Gasteiger partial charge in [0, 0.05) is 43.2 Å². The highest BCUT2D eigenvalue weighted by Gasteiger charge is 2.15. The Morgan fingerprint density at radius 2 is 1.93 bits per heavy atom. The third-order valence-corrected chi connectivity index (χ3v) is 6.27. The van der Waals surface area contributed by atoms with Gasteiger partial charge in [-0.25, -0.2) is 0 Å². The van der Waals surface area contributed by atoms with Crippen LogP contribution in [0.2, 0.25) is 0 Å². The Morgan fingerprint density at radius 1 is 1.22 bits per heavy atom. The minimum Gasteiger partial charge on any atom is -0.326 e. The predicted octanol–water partition coefficient (Wildman–Crippen LogP) is 4.11. The maximum Gasteiger partial charge on any atom is 0.224 e. The molecule has 4 nitrogen and oxygen atoms in total. The first kappa shape index (κ1) is 24.6. The number of aryl methyl sites for hydroxylation is 1. The van der Waals surface area contributed by atoms with Gasteiger partial charge in [0.1, 0.15) is 0 Å². The van der Waals surface area contributed by atoms with E-state index in [4.69, 9.17) is 0 Å². The van der Waals surface area contributed by atoms with Crippen LogP contribution in [0.4, 0.5) is 5.69 Å². The molecule has 0 bridgehead atoms. The topological polar surface area (TPSA) is 44.4 Å². The summed E-state index contributed by atoms with van der Waals surface area (Å²) < 4.78 is 0. The molecular formula is C20H33Cl2N3OS. The molecule has 2 aliphatic heterocycles. The van der Waals surface area contributed by atoms with E-state index in [2.05, 4.69) is 40.7 Å². The van der Waals surface area contributed by atoms with Gasteiger partial charge in [0.15, 0.2) is 0 Å². The second-order valence-electron chi connectivity index (χ2n) is 7.32. The summed E-state index contributed by atoms with van der Waals surface area (Å²) in [6.07, 6.45) is 4.06. The van der Waals surface area contributed by atoms with Crippen LogP contribution in [0.25, 0.3) is 0 Å². The maximum atomic E-state index is 12.4. The van der Waals surface area contributed by atoms with Gasteiger partial charge >= 0.3 is 0 Å². The Morgan fingerprint density at radius 3 is 2.63 bits per heavy atom. The normalized spacial score (nSPS) is 18.3. The van der Waals surface area contributed by atoms with Gasteiger partial charge in [0.25, 0.3) is 0 Å². The summed E-state index contributed by atoms with van der Waals surface area (Å²) in [4.78, 5) is 14.9. The summed E-state index contributed by atoms with van der Waals surface area (Å²) in [5, 5.41) is 6.53. The molecule has 0 radical (unpaired) electrons. The Labute approximate surface area is 180 Å². The van der Waals surface area contributed by atoms with E-state index < -0.39 is 0 Å². The van der Waals surface area contributed by atoms with Crippen molar-refractivity contribution in [3.05, 3.63) is 29.3 Å². The van der Waals surface area contributed by atoms with Crippen LogP contribution >= 0.6 is 36.6 Å². The molecule has 0 atom stereocenters. The fourth-order valence-corrected chi connectivity index (χ4v) is 4.62. The highest BCUT2D eigenvalue weighted by atomic mass is 35.5. The molecule has 0 saturated carbocycles. The number of anilines is 1. The van der Waals surface area contributed by atoms with Crippen LogP contribution in [-0.4, -0.2) is 48.5 Å². The van der Waals surface area contributed by atoms with Gasteiger partial charge in [0.05, 0.1) is 0 Å². The standard InChI is InChI=1S/C20H31N3OS.2ClH/c1-16-2-3-18(15-23-10-12-25-13-11-23)14-19(16)22-20(24)5-4-17-6-8-21-9-7-17;;/h2-3,14,17,21H,4-13,15H2,1H3,(H,22,24);2*1H.